The standard InChI is InChI=1S/C12H14N2O4/c1-7-5-14-11(18-7)8(2)13-6-9-3-4-17-10(9)12(15)16/h3-5,8,13H,6H2,1-2H3,(H,15,16). The highest BCUT2D eigenvalue weighted by Gasteiger charge is 2.16. The van der Waals surface area contributed by atoms with Crippen molar-refractivity contribution in [3.8, 4) is 0 Å². The third kappa shape index (κ3) is 2.60. The minimum Gasteiger partial charge on any atom is -0.475 e. The van der Waals surface area contributed by atoms with Crippen molar-refractivity contribution >= 4 is 5.97 Å². The van der Waals surface area contributed by atoms with Gasteiger partial charge in [0.2, 0.25) is 11.7 Å². The van der Waals surface area contributed by atoms with Gasteiger partial charge in [-0.25, -0.2) is 9.78 Å². The van der Waals surface area contributed by atoms with E-state index in [2.05, 4.69) is 10.3 Å². The molecule has 2 heterocycles. The Kier molecular flexibility index (Phi) is 3.47. The van der Waals surface area contributed by atoms with Crippen molar-refractivity contribution in [2.24, 2.45) is 0 Å². The van der Waals surface area contributed by atoms with Crippen molar-refractivity contribution in [1.82, 2.24) is 10.3 Å². The van der Waals surface area contributed by atoms with Crippen LogP contribution in [0.1, 0.15) is 40.7 Å². The predicted molar refractivity (Wildman–Crippen MR) is 62.2 cm³/mol. The van der Waals surface area contributed by atoms with Crippen LogP contribution in [-0.2, 0) is 6.54 Å². The Hall–Kier alpha value is -2.08. The number of carbonyl (C=O) groups is 1. The molecular weight excluding hydrogens is 236 g/mol. The normalized spacial score (nSPS) is 12.6. The molecule has 6 heteroatoms. The number of hydrogen-bond donors (Lipinski definition) is 2. The molecule has 2 rings (SSSR count). The van der Waals surface area contributed by atoms with Gasteiger partial charge in [-0.2, -0.15) is 0 Å². The highest BCUT2D eigenvalue weighted by Crippen LogP contribution is 2.15. The van der Waals surface area contributed by atoms with Crippen LogP contribution in [0.2, 0.25) is 0 Å². The van der Waals surface area contributed by atoms with E-state index in [0.29, 0.717) is 18.0 Å². The van der Waals surface area contributed by atoms with Crippen LogP contribution in [0.15, 0.2) is 27.4 Å². The summed E-state index contributed by atoms with van der Waals surface area (Å²) in [5, 5.41) is 12.0. The maximum atomic E-state index is 10.8. The van der Waals surface area contributed by atoms with Gasteiger partial charge in [-0.1, -0.05) is 0 Å². The lowest BCUT2D eigenvalue weighted by Gasteiger charge is -2.09. The molecule has 0 aromatic carbocycles. The predicted octanol–water partition coefficient (Wildman–Crippen LogP) is 2.13. The molecular formula is C12H14N2O4. The molecule has 0 radical (unpaired) electrons. The number of aryl methyl sites for hydroxylation is 1. The van der Waals surface area contributed by atoms with Gasteiger partial charge in [0.25, 0.3) is 0 Å². The molecule has 6 nitrogen and oxygen atoms in total. The van der Waals surface area contributed by atoms with Gasteiger partial charge in [0.1, 0.15) is 5.76 Å². The lowest BCUT2D eigenvalue weighted by molar-refractivity contribution is 0.0660. The molecule has 2 aromatic rings. The van der Waals surface area contributed by atoms with Gasteiger partial charge in [0.05, 0.1) is 18.5 Å². The monoisotopic (exact) mass is 250 g/mol. The van der Waals surface area contributed by atoms with Crippen molar-refractivity contribution in [2.45, 2.75) is 26.4 Å². The molecule has 96 valence electrons. The number of carboxylic acids is 1. The van der Waals surface area contributed by atoms with E-state index in [0.717, 1.165) is 5.76 Å². The molecule has 1 unspecified atom stereocenters. The molecule has 0 aliphatic rings. The van der Waals surface area contributed by atoms with Crippen molar-refractivity contribution < 1.29 is 18.7 Å². The zero-order valence-corrected chi connectivity index (χ0v) is 10.1. The van der Waals surface area contributed by atoms with E-state index in [1.807, 2.05) is 13.8 Å². The van der Waals surface area contributed by atoms with Gasteiger partial charge in [0, 0.05) is 12.1 Å². The summed E-state index contributed by atoms with van der Waals surface area (Å²) in [6, 6.07) is 1.53. The fourth-order valence-electron chi connectivity index (χ4n) is 1.59. The minimum absolute atomic E-state index is 0.0433. The Morgan fingerprint density at radius 3 is 3.00 bits per heavy atom. The zero-order chi connectivity index (χ0) is 13.1. The number of aromatic carboxylic acids is 1. The molecule has 18 heavy (non-hydrogen) atoms. The number of rotatable bonds is 5. The van der Waals surface area contributed by atoms with Gasteiger partial charge in [-0.3, -0.25) is 0 Å². The van der Waals surface area contributed by atoms with Crippen LogP contribution in [0.3, 0.4) is 0 Å². The molecule has 2 N–H and O–H groups in total. The molecule has 0 fully saturated rings. The number of aromatic nitrogens is 1. The Morgan fingerprint density at radius 1 is 1.61 bits per heavy atom. The summed E-state index contributed by atoms with van der Waals surface area (Å²) in [5.41, 5.74) is 0.595. The molecule has 0 saturated carbocycles. The first kappa shape index (κ1) is 12.4. The topological polar surface area (TPSA) is 88.5 Å². The number of nitrogens with one attached hydrogen (secondary N) is 1. The van der Waals surface area contributed by atoms with Crippen LogP contribution in [0.25, 0.3) is 0 Å². The molecule has 0 bridgehead atoms. The summed E-state index contributed by atoms with van der Waals surface area (Å²) in [5.74, 6) is 0.204. The molecule has 0 spiro atoms. The van der Waals surface area contributed by atoms with E-state index >= 15 is 0 Å². The second-order valence-corrected chi connectivity index (χ2v) is 3.99. The van der Waals surface area contributed by atoms with Gasteiger partial charge in [-0.15, -0.1) is 0 Å². The summed E-state index contributed by atoms with van der Waals surface area (Å²) < 4.78 is 10.3. The number of nitrogens with zero attached hydrogens (tertiary/aromatic N) is 1. The number of furan rings is 1. The minimum atomic E-state index is -1.07. The molecule has 1 atom stereocenters. The molecule has 0 aliphatic heterocycles. The van der Waals surface area contributed by atoms with E-state index in [-0.39, 0.29) is 11.8 Å². The third-order valence-corrected chi connectivity index (χ3v) is 2.55. The maximum Gasteiger partial charge on any atom is 0.372 e. The number of carboxylic acid groups (broad SMARTS) is 1. The van der Waals surface area contributed by atoms with Crippen LogP contribution in [0.4, 0.5) is 0 Å². The number of hydrogen-bond acceptors (Lipinski definition) is 5. The quantitative estimate of drug-likeness (QED) is 0.845. The van der Waals surface area contributed by atoms with Crippen molar-refractivity contribution in [3.05, 3.63) is 41.5 Å². The smallest absolute Gasteiger partial charge is 0.372 e. The van der Waals surface area contributed by atoms with E-state index in [4.69, 9.17) is 13.9 Å². The fourth-order valence-corrected chi connectivity index (χ4v) is 1.59. The highest BCUT2D eigenvalue weighted by atomic mass is 16.4. The van der Waals surface area contributed by atoms with Crippen LogP contribution >= 0.6 is 0 Å². The Morgan fingerprint density at radius 2 is 2.39 bits per heavy atom. The van der Waals surface area contributed by atoms with E-state index in [9.17, 15) is 4.79 Å². The molecule has 0 amide bonds. The molecule has 0 aliphatic carbocycles. The van der Waals surface area contributed by atoms with Crippen molar-refractivity contribution in [1.29, 1.82) is 0 Å². The third-order valence-electron chi connectivity index (χ3n) is 2.55. The summed E-state index contributed by atoms with van der Waals surface area (Å²) in [7, 11) is 0. The largest absolute Gasteiger partial charge is 0.475 e. The summed E-state index contributed by atoms with van der Waals surface area (Å²) in [6.45, 7) is 4.09. The summed E-state index contributed by atoms with van der Waals surface area (Å²) in [6.07, 6.45) is 3.01. The lowest BCUT2D eigenvalue weighted by Crippen LogP contribution is -2.19. The highest BCUT2D eigenvalue weighted by molar-refractivity contribution is 5.86. The van der Waals surface area contributed by atoms with Gasteiger partial charge < -0.3 is 19.3 Å². The van der Waals surface area contributed by atoms with Crippen molar-refractivity contribution in [3.63, 3.8) is 0 Å². The first-order valence-electron chi connectivity index (χ1n) is 5.53. The summed E-state index contributed by atoms with van der Waals surface area (Å²) in [4.78, 5) is 15.0. The molecule has 0 saturated heterocycles. The Labute approximate surface area is 104 Å². The average molecular weight is 250 g/mol. The second kappa shape index (κ2) is 5.05. The average Bonchev–Trinajstić information content (AvgIpc) is 2.94. The van der Waals surface area contributed by atoms with Crippen LogP contribution < -0.4 is 5.32 Å². The van der Waals surface area contributed by atoms with E-state index < -0.39 is 5.97 Å². The Balaban J connectivity index is 1.99. The van der Waals surface area contributed by atoms with E-state index in [1.165, 1.54) is 6.26 Å². The van der Waals surface area contributed by atoms with Crippen LogP contribution in [0.5, 0.6) is 0 Å². The van der Waals surface area contributed by atoms with Gasteiger partial charge >= 0.3 is 5.97 Å². The zero-order valence-electron chi connectivity index (χ0n) is 10.1. The van der Waals surface area contributed by atoms with Gasteiger partial charge in [-0.05, 0) is 19.9 Å². The molecule has 2 aromatic heterocycles. The second-order valence-electron chi connectivity index (χ2n) is 3.99. The fraction of sp³-hybridized carbons (Fsp3) is 0.333. The van der Waals surface area contributed by atoms with Crippen LogP contribution in [0, 0.1) is 6.92 Å². The first-order valence-corrected chi connectivity index (χ1v) is 5.53. The lowest BCUT2D eigenvalue weighted by atomic mass is 10.2. The number of oxazole rings is 1. The van der Waals surface area contributed by atoms with Gasteiger partial charge in [0.15, 0.2) is 0 Å². The maximum absolute atomic E-state index is 10.8. The van der Waals surface area contributed by atoms with Crippen LogP contribution in [-0.4, -0.2) is 16.1 Å². The van der Waals surface area contributed by atoms with Crippen molar-refractivity contribution in [2.75, 3.05) is 0 Å². The Bertz CT molecular complexity index is 544. The SMILES string of the molecule is Cc1cnc(C(C)NCc2ccoc2C(=O)O)o1. The van der Waals surface area contributed by atoms with E-state index in [1.54, 1.807) is 12.3 Å². The first-order chi connectivity index (χ1) is 8.58. The summed E-state index contributed by atoms with van der Waals surface area (Å²) >= 11 is 0.